The van der Waals surface area contributed by atoms with Crippen LogP contribution in [0.4, 0.5) is 0 Å². The van der Waals surface area contributed by atoms with Crippen LogP contribution in [0.15, 0.2) is 29.5 Å². The molecule has 7 heteroatoms. The Morgan fingerprint density at radius 1 is 1.44 bits per heavy atom. The number of carbonyl (C=O) groups excluding carboxylic acids is 1. The van der Waals surface area contributed by atoms with Crippen LogP contribution in [0.1, 0.15) is 6.42 Å². The van der Waals surface area contributed by atoms with E-state index < -0.39 is 0 Å². The lowest BCUT2D eigenvalue weighted by atomic mass is 10.4. The number of amides is 1. The highest BCUT2D eigenvalue weighted by Crippen LogP contribution is 1.94. The summed E-state index contributed by atoms with van der Waals surface area (Å²) in [7, 11) is 0. The molecular weight excluding hydrogens is 252 g/mol. The van der Waals surface area contributed by atoms with E-state index in [0.717, 1.165) is 0 Å². The standard InChI is InChI=1S/C11H14N4O2S/c16-10(2-8-18)12-4-5-14-6-7-15-9(11(14)17)1-3-13-15/h1,3,6-7,18H,2,4-5,8H2,(H,12,16). The second-order valence-electron chi connectivity index (χ2n) is 3.78. The highest BCUT2D eigenvalue weighted by atomic mass is 32.1. The smallest absolute Gasteiger partial charge is 0.276 e. The van der Waals surface area contributed by atoms with E-state index in [1.54, 1.807) is 29.2 Å². The molecule has 2 aromatic heterocycles. The first-order chi connectivity index (χ1) is 8.72. The summed E-state index contributed by atoms with van der Waals surface area (Å²) < 4.78 is 3.08. The van der Waals surface area contributed by atoms with Crippen LogP contribution in [0.2, 0.25) is 0 Å². The van der Waals surface area contributed by atoms with Crippen molar-refractivity contribution in [1.29, 1.82) is 0 Å². The van der Waals surface area contributed by atoms with E-state index in [4.69, 9.17) is 0 Å². The highest BCUT2D eigenvalue weighted by Gasteiger charge is 2.03. The van der Waals surface area contributed by atoms with Crippen LogP contribution >= 0.6 is 12.6 Å². The molecule has 0 unspecified atom stereocenters. The zero-order valence-corrected chi connectivity index (χ0v) is 10.6. The van der Waals surface area contributed by atoms with Gasteiger partial charge in [0.1, 0.15) is 5.52 Å². The molecule has 0 atom stereocenters. The van der Waals surface area contributed by atoms with E-state index in [0.29, 0.717) is 30.8 Å². The van der Waals surface area contributed by atoms with Crippen LogP contribution in [0, 0.1) is 0 Å². The molecule has 0 saturated carbocycles. The highest BCUT2D eigenvalue weighted by molar-refractivity contribution is 7.80. The summed E-state index contributed by atoms with van der Waals surface area (Å²) >= 11 is 3.98. The quantitative estimate of drug-likeness (QED) is 0.745. The fourth-order valence-electron chi connectivity index (χ4n) is 1.64. The third kappa shape index (κ3) is 2.73. The van der Waals surface area contributed by atoms with E-state index in [1.807, 2.05) is 0 Å². The summed E-state index contributed by atoms with van der Waals surface area (Å²) in [6.07, 6.45) is 5.34. The molecule has 2 rings (SSSR count). The van der Waals surface area contributed by atoms with Crippen LogP contribution in [0.5, 0.6) is 0 Å². The molecule has 0 radical (unpaired) electrons. The van der Waals surface area contributed by atoms with Crippen molar-refractivity contribution < 1.29 is 4.79 Å². The Bertz CT molecular complexity index is 604. The molecule has 96 valence electrons. The van der Waals surface area contributed by atoms with Gasteiger partial charge in [0, 0.05) is 31.9 Å². The number of thiol groups is 1. The lowest BCUT2D eigenvalue weighted by Gasteiger charge is -2.07. The van der Waals surface area contributed by atoms with Gasteiger partial charge in [0.05, 0.1) is 6.20 Å². The summed E-state index contributed by atoms with van der Waals surface area (Å²) in [5.41, 5.74) is 0.414. The van der Waals surface area contributed by atoms with E-state index >= 15 is 0 Å². The van der Waals surface area contributed by atoms with Gasteiger partial charge in [0.25, 0.3) is 5.56 Å². The van der Waals surface area contributed by atoms with Gasteiger partial charge in [0.15, 0.2) is 0 Å². The van der Waals surface area contributed by atoms with Crippen molar-refractivity contribution >= 4 is 24.1 Å². The summed E-state index contributed by atoms with van der Waals surface area (Å²) in [6, 6.07) is 1.66. The van der Waals surface area contributed by atoms with Crippen molar-refractivity contribution in [2.45, 2.75) is 13.0 Å². The topological polar surface area (TPSA) is 68.4 Å². The molecule has 0 spiro atoms. The van der Waals surface area contributed by atoms with Gasteiger partial charge in [0.2, 0.25) is 5.91 Å². The molecule has 1 N–H and O–H groups in total. The minimum absolute atomic E-state index is 0.0523. The van der Waals surface area contributed by atoms with E-state index in [1.165, 1.54) is 4.52 Å². The molecule has 6 nitrogen and oxygen atoms in total. The van der Waals surface area contributed by atoms with Crippen LogP contribution < -0.4 is 10.9 Å². The van der Waals surface area contributed by atoms with Crippen molar-refractivity contribution in [1.82, 2.24) is 19.5 Å². The van der Waals surface area contributed by atoms with Gasteiger partial charge in [-0.25, -0.2) is 4.52 Å². The number of nitrogens with one attached hydrogen (secondary N) is 1. The van der Waals surface area contributed by atoms with Gasteiger partial charge in [-0.15, -0.1) is 0 Å². The number of nitrogens with zero attached hydrogens (tertiary/aromatic N) is 3. The van der Waals surface area contributed by atoms with Crippen molar-refractivity contribution in [3.05, 3.63) is 35.0 Å². The fourth-order valence-corrected chi connectivity index (χ4v) is 1.85. The summed E-state index contributed by atoms with van der Waals surface area (Å²) in [4.78, 5) is 23.2. The van der Waals surface area contributed by atoms with Crippen molar-refractivity contribution in [2.24, 2.45) is 0 Å². The Morgan fingerprint density at radius 2 is 2.28 bits per heavy atom. The molecule has 0 fully saturated rings. The second-order valence-corrected chi connectivity index (χ2v) is 4.23. The Balaban J connectivity index is 2.01. The molecule has 2 aromatic rings. The first-order valence-electron chi connectivity index (χ1n) is 5.62. The van der Waals surface area contributed by atoms with Crippen molar-refractivity contribution in [3.8, 4) is 0 Å². The number of fused-ring (bicyclic) bond motifs is 1. The van der Waals surface area contributed by atoms with E-state index in [9.17, 15) is 9.59 Å². The molecule has 0 aliphatic carbocycles. The molecular formula is C11H14N4O2S. The average Bonchev–Trinajstić information content (AvgIpc) is 2.81. The van der Waals surface area contributed by atoms with Gasteiger partial charge in [-0.05, 0) is 11.8 Å². The maximum Gasteiger partial charge on any atom is 0.276 e. The minimum Gasteiger partial charge on any atom is -0.354 e. The molecule has 0 aliphatic rings. The molecule has 0 aromatic carbocycles. The molecule has 2 heterocycles. The third-order valence-corrected chi connectivity index (χ3v) is 2.78. The second kappa shape index (κ2) is 5.72. The lowest BCUT2D eigenvalue weighted by Crippen LogP contribution is -2.31. The Labute approximate surface area is 109 Å². The number of hydrogen-bond acceptors (Lipinski definition) is 4. The third-order valence-electron chi connectivity index (χ3n) is 2.55. The SMILES string of the molecule is O=C(CCS)NCCn1ccn2nccc2c1=O. The van der Waals surface area contributed by atoms with Crippen molar-refractivity contribution in [3.63, 3.8) is 0 Å². The summed E-state index contributed by atoms with van der Waals surface area (Å²) in [5, 5.41) is 6.71. The van der Waals surface area contributed by atoms with Crippen molar-refractivity contribution in [2.75, 3.05) is 12.3 Å². The van der Waals surface area contributed by atoms with E-state index in [-0.39, 0.29) is 11.5 Å². The Morgan fingerprint density at radius 3 is 3.06 bits per heavy atom. The van der Waals surface area contributed by atoms with E-state index in [2.05, 4.69) is 23.0 Å². The lowest BCUT2D eigenvalue weighted by molar-refractivity contribution is -0.120. The van der Waals surface area contributed by atoms with Crippen LogP contribution in [-0.2, 0) is 11.3 Å². The van der Waals surface area contributed by atoms with Crippen LogP contribution in [0.3, 0.4) is 0 Å². The number of hydrogen-bond donors (Lipinski definition) is 2. The van der Waals surface area contributed by atoms with Gasteiger partial charge >= 0.3 is 0 Å². The van der Waals surface area contributed by atoms with Gasteiger partial charge in [-0.1, -0.05) is 0 Å². The van der Waals surface area contributed by atoms with Gasteiger partial charge < -0.3 is 9.88 Å². The molecule has 0 aliphatic heterocycles. The number of carbonyl (C=O) groups is 1. The maximum absolute atomic E-state index is 12.0. The number of aromatic nitrogens is 3. The van der Waals surface area contributed by atoms with Crippen LogP contribution in [0.25, 0.3) is 5.52 Å². The average molecular weight is 266 g/mol. The number of rotatable bonds is 5. The molecule has 0 saturated heterocycles. The summed E-state index contributed by atoms with van der Waals surface area (Å²) in [5.74, 6) is 0.469. The van der Waals surface area contributed by atoms with Gasteiger partial charge in [-0.2, -0.15) is 17.7 Å². The van der Waals surface area contributed by atoms with Crippen LogP contribution in [-0.4, -0.2) is 32.4 Å². The maximum atomic E-state index is 12.0. The Kier molecular flexibility index (Phi) is 4.03. The summed E-state index contributed by atoms with van der Waals surface area (Å²) in [6.45, 7) is 0.871. The largest absolute Gasteiger partial charge is 0.354 e. The molecule has 18 heavy (non-hydrogen) atoms. The Hall–Kier alpha value is -1.76. The fraction of sp³-hybridized carbons (Fsp3) is 0.364. The predicted molar refractivity (Wildman–Crippen MR) is 70.9 cm³/mol. The molecule has 1 amide bonds. The first-order valence-corrected chi connectivity index (χ1v) is 6.26. The first kappa shape index (κ1) is 12.7. The minimum atomic E-state index is -0.113. The normalized spacial score (nSPS) is 10.7. The molecule has 0 bridgehead atoms. The zero-order valence-electron chi connectivity index (χ0n) is 9.74. The van der Waals surface area contributed by atoms with Gasteiger partial charge in [-0.3, -0.25) is 9.59 Å². The predicted octanol–water partition coefficient (Wildman–Crippen LogP) is -0.0679. The monoisotopic (exact) mass is 266 g/mol. The zero-order chi connectivity index (χ0) is 13.0.